The second-order valence-corrected chi connectivity index (χ2v) is 6.16. The van der Waals surface area contributed by atoms with Gasteiger partial charge in [0, 0.05) is 16.8 Å². The Labute approximate surface area is 143 Å². The van der Waals surface area contributed by atoms with E-state index in [9.17, 15) is 9.59 Å². The zero-order valence-corrected chi connectivity index (χ0v) is 14.1. The summed E-state index contributed by atoms with van der Waals surface area (Å²) in [5, 5.41) is 0.551. The highest BCUT2D eigenvalue weighted by Gasteiger charge is 2.35. The van der Waals surface area contributed by atoms with Gasteiger partial charge in [-0.1, -0.05) is 17.7 Å². The molecule has 0 saturated heterocycles. The normalized spacial score (nSPS) is 17.8. The lowest BCUT2D eigenvalue weighted by molar-refractivity contribution is -0.141. The fraction of sp³-hybridized carbons (Fsp3) is 0.250. The number of anilines is 1. The Bertz CT molecular complexity index is 758. The number of benzene rings is 1. The first-order valence-corrected chi connectivity index (χ1v) is 7.71. The minimum atomic E-state index is -0.469. The molecule has 2 aliphatic rings. The van der Waals surface area contributed by atoms with Crippen molar-refractivity contribution < 1.29 is 14.3 Å². The number of allylic oxidation sites excluding steroid dienone is 2. The summed E-state index contributed by atoms with van der Waals surface area (Å²) in [6, 6.07) is 5.18. The average Bonchev–Trinajstić information content (AvgIpc) is 2.57. The molecule has 3 rings (SSSR count). The minimum absolute atomic E-state index is 0.201. The smallest absolute Gasteiger partial charge is 0.312 e. The van der Waals surface area contributed by atoms with E-state index in [4.69, 9.17) is 28.1 Å². The van der Waals surface area contributed by atoms with Crippen molar-refractivity contribution in [2.24, 2.45) is 0 Å². The molecule has 0 saturated carbocycles. The van der Waals surface area contributed by atoms with Crippen molar-refractivity contribution in [1.29, 1.82) is 0 Å². The van der Waals surface area contributed by atoms with E-state index in [0.717, 1.165) is 0 Å². The van der Waals surface area contributed by atoms with E-state index in [2.05, 4.69) is 0 Å². The van der Waals surface area contributed by atoms with Crippen molar-refractivity contribution in [1.82, 2.24) is 4.90 Å². The molecule has 7 heteroatoms. The lowest BCUT2D eigenvalue weighted by Gasteiger charge is -2.37. The highest BCUT2D eigenvalue weighted by molar-refractivity contribution is 6.32. The van der Waals surface area contributed by atoms with Crippen LogP contribution in [0.1, 0.15) is 28.8 Å². The molecule has 5 nitrogen and oxygen atoms in total. The maximum absolute atomic E-state index is 12.8. The summed E-state index contributed by atoms with van der Waals surface area (Å²) in [7, 11) is 1.34. The maximum Gasteiger partial charge on any atom is 0.312 e. The van der Waals surface area contributed by atoms with Crippen LogP contribution < -0.4 is 4.42 Å². The van der Waals surface area contributed by atoms with Crippen LogP contribution in [0.4, 0.5) is 5.69 Å². The lowest BCUT2D eigenvalue weighted by atomic mass is 9.96. The predicted molar refractivity (Wildman–Crippen MR) is 88.3 cm³/mol. The molecule has 0 spiro atoms. The third-order valence-electron chi connectivity index (χ3n) is 3.96. The number of carbonyl (C=O) groups excluding carboxylic acids is 2. The summed E-state index contributed by atoms with van der Waals surface area (Å²) >= 11 is 12.4. The lowest BCUT2D eigenvalue weighted by Crippen LogP contribution is -2.42. The Morgan fingerprint density at radius 2 is 2.09 bits per heavy atom. The molecule has 0 fully saturated rings. The molecule has 0 aliphatic carbocycles. The van der Waals surface area contributed by atoms with Crippen LogP contribution in [-0.4, -0.2) is 30.4 Å². The Morgan fingerprint density at radius 1 is 1.35 bits per heavy atom. The van der Waals surface area contributed by atoms with E-state index < -0.39 is 5.92 Å². The molecule has 0 N–H and O–H groups in total. The highest BCUT2D eigenvalue weighted by Crippen LogP contribution is 2.38. The molecule has 1 amide bonds. The number of halogens is 2. The van der Waals surface area contributed by atoms with Crippen LogP contribution in [0.3, 0.4) is 0 Å². The van der Waals surface area contributed by atoms with Crippen LogP contribution in [0.5, 0.6) is 0 Å². The molecule has 1 aromatic carbocycles. The molecule has 0 bridgehead atoms. The van der Waals surface area contributed by atoms with E-state index in [1.807, 2.05) is 0 Å². The summed E-state index contributed by atoms with van der Waals surface area (Å²) in [5.74, 6) is -0.472. The topological polar surface area (TPSA) is 49.9 Å². The number of hydrogen-bond donors (Lipinski definition) is 0. The van der Waals surface area contributed by atoms with Crippen molar-refractivity contribution in [3.63, 3.8) is 0 Å². The summed E-state index contributed by atoms with van der Waals surface area (Å²) in [5.41, 5.74) is 1.70. The van der Waals surface area contributed by atoms with Gasteiger partial charge in [-0.2, -0.15) is 0 Å². The number of ether oxygens (including phenoxy) is 1. The zero-order chi connectivity index (χ0) is 16.7. The van der Waals surface area contributed by atoms with Crippen molar-refractivity contribution in [2.75, 3.05) is 18.1 Å². The van der Waals surface area contributed by atoms with E-state index in [-0.39, 0.29) is 18.4 Å². The Balaban J connectivity index is 2.05. The molecule has 120 valence electrons. The van der Waals surface area contributed by atoms with Crippen LogP contribution in [0.2, 0.25) is 0 Å². The molecule has 1 aromatic rings. The quantitative estimate of drug-likeness (QED) is 0.604. The molecule has 1 unspecified atom stereocenters. The second kappa shape index (κ2) is 5.91. The summed E-state index contributed by atoms with van der Waals surface area (Å²) < 4.78 is 6.17. The molecule has 0 aromatic heterocycles. The van der Waals surface area contributed by atoms with Crippen LogP contribution in [0, 0.1) is 0 Å². The number of fused-ring (bicyclic) bond motifs is 2. The van der Waals surface area contributed by atoms with Gasteiger partial charge < -0.3 is 4.74 Å². The molecule has 23 heavy (non-hydrogen) atoms. The SMILES string of the molecule is COC(=O)C(C)c1ccc2c(c1)C(=O)N1CC(Cl)=CC=C1N2Cl. The van der Waals surface area contributed by atoms with Crippen molar-refractivity contribution in [2.45, 2.75) is 12.8 Å². The predicted octanol–water partition coefficient (Wildman–Crippen LogP) is 3.36. The molecular formula is C16H14Cl2N2O3. The van der Waals surface area contributed by atoms with Crippen LogP contribution in [-0.2, 0) is 9.53 Å². The van der Waals surface area contributed by atoms with Crippen molar-refractivity contribution in [3.05, 3.63) is 52.3 Å². The van der Waals surface area contributed by atoms with Gasteiger partial charge in [0.05, 0.1) is 30.8 Å². The van der Waals surface area contributed by atoms with Gasteiger partial charge in [0.2, 0.25) is 0 Å². The number of methoxy groups -OCH3 is 1. The fourth-order valence-electron chi connectivity index (χ4n) is 2.63. The van der Waals surface area contributed by atoms with Gasteiger partial charge in [-0.05, 0) is 36.8 Å². The van der Waals surface area contributed by atoms with Crippen LogP contribution >= 0.6 is 23.4 Å². The molecule has 1 atom stereocenters. The first kappa shape index (κ1) is 15.9. The third-order valence-corrected chi connectivity index (χ3v) is 4.56. The number of amides is 1. The fourth-order valence-corrected chi connectivity index (χ4v) is 3.11. The average molecular weight is 353 g/mol. The molecule has 0 radical (unpaired) electrons. The van der Waals surface area contributed by atoms with Gasteiger partial charge >= 0.3 is 5.97 Å². The Kier molecular flexibility index (Phi) is 4.08. The van der Waals surface area contributed by atoms with E-state index in [1.165, 1.54) is 16.4 Å². The monoisotopic (exact) mass is 352 g/mol. The molecular weight excluding hydrogens is 339 g/mol. The number of esters is 1. The number of carbonyl (C=O) groups is 2. The first-order chi connectivity index (χ1) is 10.9. The third kappa shape index (κ3) is 2.60. The van der Waals surface area contributed by atoms with Crippen LogP contribution in [0.15, 0.2) is 41.2 Å². The van der Waals surface area contributed by atoms with Crippen molar-refractivity contribution in [3.8, 4) is 0 Å². The minimum Gasteiger partial charge on any atom is -0.469 e. The largest absolute Gasteiger partial charge is 0.469 e. The zero-order valence-electron chi connectivity index (χ0n) is 12.5. The number of nitrogens with zero attached hydrogens (tertiary/aromatic N) is 2. The van der Waals surface area contributed by atoms with Gasteiger partial charge in [-0.3, -0.25) is 14.5 Å². The van der Waals surface area contributed by atoms with E-state index >= 15 is 0 Å². The van der Waals surface area contributed by atoms with Crippen LogP contribution in [0.25, 0.3) is 0 Å². The Hall–Kier alpha value is -1.98. The van der Waals surface area contributed by atoms with Gasteiger partial charge in [0.15, 0.2) is 0 Å². The molecule has 2 aliphatic heterocycles. The van der Waals surface area contributed by atoms with Gasteiger partial charge in [-0.15, -0.1) is 0 Å². The van der Waals surface area contributed by atoms with Gasteiger partial charge in [0.1, 0.15) is 5.82 Å². The number of hydrogen-bond acceptors (Lipinski definition) is 4. The number of rotatable bonds is 2. The summed E-state index contributed by atoms with van der Waals surface area (Å²) in [6.07, 6.45) is 3.42. The maximum atomic E-state index is 12.8. The van der Waals surface area contributed by atoms with Gasteiger partial charge in [0.25, 0.3) is 5.91 Å². The standard InChI is InChI=1S/C16H14Cl2N2O3/c1-9(16(22)23-2)10-3-5-13-12(7-10)15(21)19-8-11(17)4-6-14(19)20(13)18/h3-7,9H,8H2,1-2H3. The first-order valence-electron chi connectivity index (χ1n) is 7.00. The molecule has 2 heterocycles. The summed E-state index contributed by atoms with van der Waals surface area (Å²) in [4.78, 5) is 26.0. The van der Waals surface area contributed by atoms with Gasteiger partial charge in [-0.25, -0.2) is 4.42 Å². The Morgan fingerprint density at radius 3 is 2.78 bits per heavy atom. The second-order valence-electron chi connectivity index (χ2n) is 5.33. The summed E-state index contributed by atoms with van der Waals surface area (Å²) in [6.45, 7) is 2.00. The van der Waals surface area contributed by atoms with E-state index in [1.54, 1.807) is 37.3 Å². The van der Waals surface area contributed by atoms with Crippen molar-refractivity contribution >= 4 is 40.9 Å². The highest BCUT2D eigenvalue weighted by atomic mass is 35.5. The van der Waals surface area contributed by atoms with E-state index in [0.29, 0.717) is 27.7 Å².